The molecule has 1 N–H and O–H groups in total. The van der Waals surface area contributed by atoms with Gasteiger partial charge in [-0.3, -0.25) is 9.69 Å². The van der Waals surface area contributed by atoms with E-state index in [1.807, 2.05) is 36.4 Å². The molecule has 27 heavy (non-hydrogen) atoms. The van der Waals surface area contributed by atoms with E-state index in [4.69, 9.17) is 11.6 Å². The second-order valence-corrected chi connectivity index (χ2v) is 7.57. The van der Waals surface area contributed by atoms with Gasteiger partial charge in [-0.2, -0.15) is 0 Å². The SMILES string of the molecule is CN1CCN(C(CNC(=O)CCc2ccccc2)c2ccccc2Cl)CC1. The van der Waals surface area contributed by atoms with Gasteiger partial charge in [0, 0.05) is 44.2 Å². The minimum absolute atomic E-state index is 0.0880. The maximum Gasteiger partial charge on any atom is 0.220 e. The van der Waals surface area contributed by atoms with Crippen molar-refractivity contribution in [1.82, 2.24) is 15.1 Å². The maximum atomic E-state index is 12.4. The number of hydrogen-bond donors (Lipinski definition) is 1. The van der Waals surface area contributed by atoms with Crippen LogP contribution in [0.2, 0.25) is 5.02 Å². The standard InChI is InChI=1S/C22H28ClN3O/c1-25-13-15-26(16-14-25)21(19-9-5-6-10-20(19)23)17-24-22(27)12-11-18-7-3-2-4-8-18/h2-10,21H,11-17H2,1H3,(H,24,27). The van der Waals surface area contributed by atoms with Gasteiger partial charge in [-0.25, -0.2) is 0 Å². The Morgan fingerprint density at radius 3 is 2.41 bits per heavy atom. The number of aryl methyl sites for hydroxylation is 1. The molecule has 0 saturated carbocycles. The monoisotopic (exact) mass is 385 g/mol. The maximum absolute atomic E-state index is 12.4. The zero-order chi connectivity index (χ0) is 19.1. The predicted molar refractivity (Wildman–Crippen MR) is 111 cm³/mol. The number of rotatable bonds is 7. The molecule has 1 fully saturated rings. The lowest BCUT2D eigenvalue weighted by atomic mass is 10.0. The smallest absolute Gasteiger partial charge is 0.220 e. The molecule has 1 atom stereocenters. The number of halogens is 1. The highest BCUT2D eigenvalue weighted by Crippen LogP contribution is 2.28. The van der Waals surface area contributed by atoms with Crippen LogP contribution >= 0.6 is 11.6 Å². The highest BCUT2D eigenvalue weighted by molar-refractivity contribution is 6.31. The highest BCUT2D eigenvalue weighted by atomic mass is 35.5. The number of likely N-dealkylation sites (N-methyl/N-ethyl adjacent to an activating group) is 1. The summed E-state index contributed by atoms with van der Waals surface area (Å²) in [7, 11) is 2.15. The third-order valence-electron chi connectivity index (χ3n) is 5.22. The minimum atomic E-state index is 0.0880. The molecule has 0 aromatic heterocycles. The van der Waals surface area contributed by atoms with Crippen LogP contribution in [0.1, 0.15) is 23.6 Å². The topological polar surface area (TPSA) is 35.6 Å². The minimum Gasteiger partial charge on any atom is -0.354 e. The normalized spacial score (nSPS) is 16.8. The van der Waals surface area contributed by atoms with Crippen LogP contribution in [0, 0.1) is 0 Å². The number of carbonyl (C=O) groups excluding carboxylic acids is 1. The van der Waals surface area contributed by atoms with E-state index in [0.29, 0.717) is 13.0 Å². The van der Waals surface area contributed by atoms with Crippen LogP contribution in [0.15, 0.2) is 54.6 Å². The molecule has 1 unspecified atom stereocenters. The molecule has 0 bridgehead atoms. The van der Waals surface area contributed by atoms with Crippen molar-refractivity contribution in [2.75, 3.05) is 39.8 Å². The second-order valence-electron chi connectivity index (χ2n) is 7.17. The quantitative estimate of drug-likeness (QED) is 0.793. The van der Waals surface area contributed by atoms with Crippen molar-refractivity contribution in [3.63, 3.8) is 0 Å². The van der Waals surface area contributed by atoms with Gasteiger partial charge in [0.1, 0.15) is 0 Å². The Balaban J connectivity index is 1.61. The molecule has 2 aromatic rings. The van der Waals surface area contributed by atoms with Gasteiger partial charge in [0.25, 0.3) is 0 Å². The average Bonchev–Trinajstić information content (AvgIpc) is 2.70. The van der Waals surface area contributed by atoms with E-state index in [0.717, 1.165) is 43.2 Å². The van der Waals surface area contributed by atoms with Crippen LogP contribution < -0.4 is 5.32 Å². The van der Waals surface area contributed by atoms with Gasteiger partial charge in [0.15, 0.2) is 0 Å². The van der Waals surface area contributed by atoms with Crippen molar-refractivity contribution in [3.8, 4) is 0 Å². The predicted octanol–water partition coefficient (Wildman–Crippen LogP) is 3.38. The number of benzene rings is 2. The number of piperazine rings is 1. The van der Waals surface area contributed by atoms with E-state index in [9.17, 15) is 4.79 Å². The molecule has 0 spiro atoms. The first-order valence-corrected chi connectivity index (χ1v) is 9.99. The Kier molecular flexibility index (Phi) is 7.27. The van der Waals surface area contributed by atoms with Crippen LogP contribution in [-0.4, -0.2) is 55.5 Å². The van der Waals surface area contributed by atoms with Crippen LogP contribution in [0.5, 0.6) is 0 Å². The molecule has 144 valence electrons. The number of hydrogen-bond acceptors (Lipinski definition) is 3. The van der Waals surface area contributed by atoms with Crippen LogP contribution in [0.4, 0.5) is 0 Å². The van der Waals surface area contributed by atoms with Crippen LogP contribution in [-0.2, 0) is 11.2 Å². The summed E-state index contributed by atoms with van der Waals surface area (Å²) >= 11 is 6.47. The van der Waals surface area contributed by atoms with Gasteiger partial charge < -0.3 is 10.2 Å². The largest absolute Gasteiger partial charge is 0.354 e. The Hall–Kier alpha value is -1.88. The first-order chi connectivity index (χ1) is 13.1. The van der Waals surface area contributed by atoms with Crippen LogP contribution in [0.25, 0.3) is 0 Å². The van der Waals surface area contributed by atoms with E-state index in [1.54, 1.807) is 0 Å². The molecule has 4 nitrogen and oxygen atoms in total. The van der Waals surface area contributed by atoms with Crippen molar-refractivity contribution in [1.29, 1.82) is 0 Å². The van der Waals surface area contributed by atoms with Crippen molar-refractivity contribution < 1.29 is 4.79 Å². The molecular weight excluding hydrogens is 358 g/mol. The summed E-state index contributed by atoms with van der Waals surface area (Å²) in [6.45, 7) is 4.60. The van der Waals surface area contributed by atoms with E-state index >= 15 is 0 Å². The Bertz CT molecular complexity index is 729. The van der Waals surface area contributed by atoms with Gasteiger partial charge in [0.05, 0.1) is 6.04 Å². The van der Waals surface area contributed by atoms with E-state index in [-0.39, 0.29) is 11.9 Å². The summed E-state index contributed by atoms with van der Waals surface area (Å²) in [4.78, 5) is 17.2. The lowest BCUT2D eigenvalue weighted by molar-refractivity contribution is -0.121. The summed E-state index contributed by atoms with van der Waals surface area (Å²) in [6, 6.07) is 18.2. The molecule has 1 heterocycles. The molecule has 5 heteroatoms. The van der Waals surface area contributed by atoms with Crippen molar-refractivity contribution in [2.24, 2.45) is 0 Å². The molecule has 1 aliphatic rings. The molecule has 1 amide bonds. The van der Waals surface area contributed by atoms with E-state index in [2.05, 4.69) is 40.4 Å². The lowest BCUT2D eigenvalue weighted by Gasteiger charge is -2.38. The molecule has 0 radical (unpaired) electrons. The summed E-state index contributed by atoms with van der Waals surface area (Å²) < 4.78 is 0. The summed E-state index contributed by atoms with van der Waals surface area (Å²) in [6.07, 6.45) is 1.26. The number of nitrogens with zero attached hydrogens (tertiary/aromatic N) is 2. The first kappa shape index (κ1) is 19.9. The fourth-order valence-electron chi connectivity index (χ4n) is 3.52. The Labute approximate surface area is 167 Å². The fourth-order valence-corrected chi connectivity index (χ4v) is 3.78. The third-order valence-corrected chi connectivity index (χ3v) is 5.56. The number of amides is 1. The zero-order valence-electron chi connectivity index (χ0n) is 15.9. The van der Waals surface area contributed by atoms with Gasteiger partial charge in [-0.05, 0) is 30.7 Å². The van der Waals surface area contributed by atoms with Gasteiger partial charge >= 0.3 is 0 Å². The average molecular weight is 386 g/mol. The fraction of sp³-hybridized carbons (Fsp3) is 0.409. The molecular formula is C22H28ClN3O. The molecule has 0 aliphatic carbocycles. The van der Waals surface area contributed by atoms with Gasteiger partial charge in [0.2, 0.25) is 5.91 Å². The molecule has 1 saturated heterocycles. The van der Waals surface area contributed by atoms with E-state index < -0.39 is 0 Å². The number of carbonyl (C=O) groups is 1. The highest BCUT2D eigenvalue weighted by Gasteiger charge is 2.25. The summed E-state index contributed by atoms with van der Waals surface area (Å²) in [5.74, 6) is 0.0880. The Morgan fingerprint density at radius 2 is 1.70 bits per heavy atom. The molecule has 1 aliphatic heterocycles. The second kappa shape index (κ2) is 9.88. The molecule has 2 aromatic carbocycles. The lowest BCUT2D eigenvalue weighted by Crippen LogP contribution is -2.48. The van der Waals surface area contributed by atoms with Crippen molar-refractivity contribution >= 4 is 17.5 Å². The van der Waals surface area contributed by atoms with Crippen LogP contribution in [0.3, 0.4) is 0 Å². The first-order valence-electron chi connectivity index (χ1n) is 9.61. The Morgan fingerprint density at radius 1 is 1.04 bits per heavy atom. The van der Waals surface area contributed by atoms with Crippen molar-refractivity contribution in [3.05, 3.63) is 70.7 Å². The van der Waals surface area contributed by atoms with Gasteiger partial charge in [-0.1, -0.05) is 60.1 Å². The summed E-state index contributed by atoms with van der Waals surface area (Å²) in [5.41, 5.74) is 2.28. The zero-order valence-corrected chi connectivity index (χ0v) is 16.7. The third kappa shape index (κ3) is 5.80. The van der Waals surface area contributed by atoms with E-state index in [1.165, 1.54) is 5.56 Å². The summed E-state index contributed by atoms with van der Waals surface area (Å²) in [5, 5.41) is 3.90. The van der Waals surface area contributed by atoms with Crippen molar-refractivity contribution in [2.45, 2.75) is 18.9 Å². The molecule has 3 rings (SSSR count). The number of nitrogens with one attached hydrogen (secondary N) is 1. The van der Waals surface area contributed by atoms with Gasteiger partial charge in [-0.15, -0.1) is 0 Å².